The summed E-state index contributed by atoms with van der Waals surface area (Å²) in [5.74, 6) is 4.50. The first-order chi connectivity index (χ1) is 9.67. The topological polar surface area (TPSA) is 63.6 Å². The molecule has 20 heavy (non-hydrogen) atoms. The maximum atomic E-state index is 10.5. The lowest BCUT2D eigenvalue weighted by Gasteiger charge is -2.05. The van der Waals surface area contributed by atoms with Gasteiger partial charge in [-0.3, -0.25) is 4.79 Å². The van der Waals surface area contributed by atoms with Gasteiger partial charge in [0.25, 0.3) is 0 Å². The van der Waals surface area contributed by atoms with Gasteiger partial charge in [-0.1, -0.05) is 12.0 Å². The van der Waals surface area contributed by atoms with Crippen LogP contribution in [0.25, 0.3) is 0 Å². The fourth-order valence-electron chi connectivity index (χ4n) is 1.51. The van der Waals surface area contributed by atoms with Crippen LogP contribution in [0.2, 0.25) is 0 Å². The average molecular weight is 266 g/mol. The highest BCUT2D eigenvalue weighted by atomic mass is 16.5. The molecule has 0 spiro atoms. The van der Waals surface area contributed by atoms with Crippen LogP contribution in [0.15, 0.2) is 48.5 Å². The maximum Gasteiger partial charge on any atom is 0.382 e. The summed E-state index contributed by atoms with van der Waals surface area (Å²) in [7, 11) is 0. The van der Waals surface area contributed by atoms with E-state index in [4.69, 9.17) is 9.84 Å². The van der Waals surface area contributed by atoms with Gasteiger partial charge in [-0.05, 0) is 42.5 Å². The Morgan fingerprint density at radius 1 is 1.10 bits per heavy atom. The Labute approximate surface area is 115 Å². The Bertz CT molecular complexity index is 690. The van der Waals surface area contributed by atoms with E-state index in [2.05, 4.69) is 5.92 Å². The van der Waals surface area contributed by atoms with Gasteiger partial charge < -0.3 is 9.84 Å². The largest absolute Gasteiger partial charge is 0.472 e. The highest BCUT2D eigenvalue weighted by Crippen LogP contribution is 2.22. The monoisotopic (exact) mass is 266 g/mol. The number of aldehydes is 1. The lowest BCUT2D eigenvalue weighted by atomic mass is 10.2. The number of rotatable bonds is 3. The average Bonchev–Trinajstić information content (AvgIpc) is 2.46. The minimum atomic E-state index is -1.18. The molecule has 0 amide bonds. The molecule has 0 aliphatic carbocycles. The minimum Gasteiger partial charge on any atom is -0.472 e. The number of carboxylic acids is 1. The number of ether oxygens (including phenoxy) is 1. The fourth-order valence-corrected chi connectivity index (χ4v) is 1.51. The molecular formula is C16H10O4. The molecule has 0 radical (unpaired) electrons. The van der Waals surface area contributed by atoms with Crippen molar-refractivity contribution in [3.63, 3.8) is 0 Å². The van der Waals surface area contributed by atoms with Crippen molar-refractivity contribution in [3.05, 3.63) is 59.7 Å². The van der Waals surface area contributed by atoms with Gasteiger partial charge in [0.15, 0.2) is 0 Å². The smallest absolute Gasteiger partial charge is 0.382 e. The molecule has 0 fully saturated rings. The minimum absolute atomic E-state index is 0.543. The van der Waals surface area contributed by atoms with Gasteiger partial charge in [-0.15, -0.1) is 0 Å². The number of carboxylic acid groups (broad SMARTS) is 1. The molecule has 0 aliphatic heterocycles. The van der Waals surface area contributed by atoms with E-state index in [0.29, 0.717) is 22.6 Å². The molecule has 2 aromatic rings. The Kier molecular flexibility index (Phi) is 4.15. The lowest BCUT2D eigenvalue weighted by Crippen LogP contribution is -1.88. The molecule has 0 saturated heterocycles. The Balaban J connectivity index is 2.17. The van der Waals surface area contributed by atoms with E-state index < -0.39 is 5.97 Å². The first-order valence-corrected chi connectivity index (χ1v) is 5.75. The van der Waals surface area contributed by atoms with Crippen LogP contribution in [-0.2, 0) is 4.79 Å². The molecule has 0 aromatic heterocycles. The third kappa shape index (κ3) is 3.72. The van der Waals surface area contributed by atoms with Crippen molar-refractivity contribution in [3.8, 4) is 23.3 Å². The highest BCUT2D eigenvalue weighted by Gasteiger charge is 1.99. The maximum absolute atomic E-state index is 10.5. The predicted octanol–water partition coefficient (Wildman–Crippen LogP) is 2.73. The molecule has 0 heterocycles. The van der Waals surface area contributed by atoms with E-state index in [1.54, 1.807) is 48.5 Å². The second-order valence-corrected chi connectivity index (χ2v) is 3.87. The van der Waals surface area contributed by atoms with E-state index in [-0.39, 0.29) is 0 Å². The van der Waals surface area contributed by atoms with Crippen molar-refractivity contribution in [1.82, 2.24) is 0 Å². The molecule has 0 unspecified atom stereocenters. The number of carbonyl (C=O) groups is 2. The van der Waals surface area contributed by atoms with Gasteiger partial charge in [-0.25, -0.2) is 4.79 Å². The zero-order chi connectivity index (χ0) is 14.4. The lowest BCUT2D eigenvalue weighted by molar-refractivity contribution is -0.130. The third-order valence-corrected chi connectivity index (χ3v) is 2.40. The van der Waals surface area contributed by atoms with Crippen molar-refractivity contribution >= 4 is 12.3 Å². The number of hydrogen-bond donors (Lipinski definition) is 1. The van der Waals surface area contributed by atoms with Crippen LogP contribution in [0.1, 0.15) is 15.9 Å². The summed E-state index contributed by atoms with van der Waals surface area (Å²) in [4.78, 5) is 20.9. The van der Waals surface area contributed by atoms with E-state index in [0.717, 1.165) is 6.29 Å². The van der Waals surface area contributed by atoms with Gasteiger partial charge in [0.2, 0.25) is 0 Å². The van der Waals surface area contributed by atoms with Crippen LogP contribution in [0.3, 0.4) is 0 Å². The number of hydrogen-bond acceptors (Lipinski definition) is 3. The van der Waals surface area contributed by atoms with Crippen LogP contribution in [0.5, 0.6) is 11.5 Å². The number of carbonyl (C=O) groups excluding carboxylic acids is 1. The van der Waals surface area contributed by atoms with Crippen molar-refractivity contribution < 1.29 is 19.4 Å². The van der Waals surface area contributed by atoms with Gasteiger partial charge in [-0.2, -0.15) is 0 Å². The predicted molar refractivity (Wildman–Crippen MR) is 72.9 cm³/mol. The second-order valence-electron chi connectivity index (χ2n) is 3.87. The van der Waals surface area contributed by atoms with Crippen LogP contribution in [0, 0.1) is 11.8 Å². The summed E-state index contributed by atoms with van der Waals surface area (Å²) in [6.45, 7) is 0. The first kappa shape index (κ1) is 13.4. The number of aliphatic carboxylic acids is 1. The van der Waals surface area contributed by atoms with Crippen LogP contribution >= 0.6 is 0 Å². The zero-order valence-corrected chi connectivity index (χ0v) is 10.4. The van der Waals surface area contributed by atoms with Crippen LogP contribution < -0.4 is 4.74 Å². The quantitative estimate of drug-likeness (QED) is 0.685. The molecule has 2 aromatic carbocycles. The Morgan fingerprint density at radius 3 is 2.50 bits per heavy atom. The molecular weight excluding hydrogens is 256 g/mol. The summed E-state index contributed by atoms with van der Waals surface area (Å²) in [5, 5.41) is 8.50. The summed E-state index contributed by atoms with van der Waals surface area (Å²) in [5.41, 5.74) is 1.12. The SMILES string of the molecule is O=Cc1ccc(Oc2cccc(C#CC(=O)O)c2)cc1. The molecule has 0 saturated carbocycles. The van der Waals surface area contributed by atoms with Gasteiger partial charge >= 0.3 is 5.97 Å². The fraction of sp³-hybridized carbons (Fsp3) is 0. The molecule has 0 aliphatic rings. The van der Waals surface area contributed by atoms with Crippen molar-refractivity contribution in [2.24, 2.45) is 0 Å². The first-order valence-electron chi connectivity index (χ1n) is 5.75. The van der Waals surface area contributed by atoms with Gasteiger partial charge in [0, 0.05) is 17.0 Å². The van der Waals surface area contributed by atoms with Crippen molar-refractivity contribution in [1.29, 1.82) is 0 Å². The van der Waals surface area contributed by atoms with E-state index in [1.807, 2.05) is 5.92 Å². The van der Waals surface area contributed by atoms with Crippen LogP contribution in [-0.4, -0.2) is 17.4 Å². The van der Waals surface area contributed by atoms with E-state index in [1.165, 1.54) is 0 Å². The summed E-state index contributed by atoms with van der Waals surface area (Å²) in [6, 6.07) is 13.5. The van der Waals surface area contributed by atoms with E-state index in [9.17, 15) is 9.59 Å². The van der Waals surface area contributed by atoms with Gasteiger partial charge in [0.05, 0.1) is 0 Å². The van der Waals surface area contributed by atoms with Crippen molar-refractivity contribution in [2.75, 3.05) is 0 Å². The molecule has 98 valence electrons. The standard InChI is InChI=1S/C16H10O4/c17-11-13-4-7-14(8-5-13)20-15-3-1-2-12(10-15)6-9-16(18)19/h1-5,7-8,10-11H,(H,18,19). The molecule has 0 bridgehead atoms. The zero-order valence-electron chi connectivity index (χ0n) is 10.4. The summed E-state index contributed by atoms with van der Waals surface area (Å²) >= 11 is 0. The Morgan fingerprint density at radius 2 is 1.85 bits per heavy atom. The second kappa shape index (κ2) is 6.21. The summed E-state index contributed by atoms with van der Waals surface area (Å²) in [6.07, 6.45) is 0.756. The third-order valence-electron chi connectivity index (χ3n) is 2.40. The molecule has 2 rings (SSSR count). The van der Waals surface area contributed by atoms with E-state index >= 15 is 0 Å². The Hall–Kier alpha value is -3.06. The molecule has 0 atom stereocenters. The molecule has 4 nitrogen and oxygen atoms in total. The highest BCUT2D eigenvalue weighted by molar-refractivity contribution is 5.87. The van der Waals surface area contributed by atoms with Gasteiger partial charge in [0.1, 0.15) is 17.8 Å². The number of benzene rings is 2. The molecule has 1 N–H and O–H groups in total. The van der Waals surface area contributed by atoms with Crippen LogP contribution in [0.4, 0.5) is 0 Å². The summed E-state index contributed by atoms with van der Waals surface area (Å²) < 4.78 is 5.59. The van der Waals surface area contributed by atoms with Crippen molar-refractivity contribution in [2.45, 2.75) is 0 Å². The molecule has 4 heteroatoms. The normalized spacial score (nSPS) is 9.20.